The lowest BCUT2D eigenvalue weighted by Gasteiger charge is -2.12. The molecule has 0 N–H and O–H groups in total. The van der Waals surface area contributed by atoms with Gasteiger partial charge in [0.15, 0.2) is 11.5 Å². The predicted octanol–water partition coefficient (Wildman–Crippen LogP) is 4.68. The number of aliphatic imine (C=N–C) groups is 1. The van der Waals surface area contributed by atoms with Gasteiger partial charge in [0.05, 0.1) is 43.7 Å². The minimum Gasteiger partial charge on any atom is -0.493 e. The van der Waals surface area contributed by atoms with Gasteiger partial charge in [-0.1, -0.05) is 11.6 Å². The first-order chi connectivity index (χ1) is 12.9. The summed E-state index contributed by atoms with van der Waals surface area (Å²) in [6, 6.07) is 8.45. The maximum atomic E-state index is 12.1. The lowest BCUT2D eigenvalue weighted by atomic mass is 10.2. The molecule has 0 amide bonds. The van der Waals surface area contributed by atoms with Crippen molar-refractivity contribution in [1.29, 1.82) is 0 Å². The van der Waals surface area contributed by atoms with Crippen LogP contribution in [0.25, 0.3) is 0 Å². The van der Waals surface area contributed by atoms with Crippen molar-refractivity contribution in [2.45, 2.75) is 20.0 Å². The van der Waals surface area contributed by atoms with Crippen LogP contribution in [0.3, 0.4) is 0 Å². The molecule has 0 aliphatic heterocycles. The number of hydrogen-bond acceptors (Lipinski definition) is 6. The summed E-state index contributed by atoms with van der Waals surface area (Å²) in [7, 11) is 4.63. The van der Waals surface area contributed by atoms with Crippen LogP contribution in [0.2, 0.25) is 5.02 Å². The molecule has 0 saturated carbocycles. The summed E-state index contributed by atoms with van der Waals surface area (Å²) < 4.78 is 21.2. The summed E-state index contributed by atoms with van der Waals surface area (Å²) in [6.07, 6.45) is 1.39. The van der Waals surface area contributed by atoms with Gasteiger partial charge in [-0.05, 0) is 44.2 Å². The first kappa shape index (κ1) is 20.6. The SMILES string of the molecule is COc1cc(C=Nc2ccc(Cl)c(C(=O)OC(C)C)c2)cc(OC)c1OC. The Morgan fingerprint density at radius 1 is 1.04 bits per heavy atom. The molecular weight excluding hydrogens is 370 g/mol. The minimum atomic E-state index is -0.486. The van der Waals surface area contributed by atoms with Crippen LogP contribution in [-0.4, -0.2) is 39.6 Å². The van der Waals surface area contributed by atoms with Crippen molar-refractivity contribution in [3.8, 4) is 17.2 Å². The third-order valence-electron chi connectivity index (χ3n) is 3.56. The predicted molar refractivity (Wildman–Crippen MR) is 105 cm³/mol. The number of ether oxygens (including phenoxy) is 4. The van der Waals surface area contributed by atoms with Gasteiger partial charge in [0, 0.05) is 11.8 Å². The molecule has 0 unspecified atom stereocenters. The molecule has 0 bridgehead atoms. The molecule has 0 aromatic heterocycles. The zero-order valence-corrected chi connectivity index (χ0v) is 16.7. The quantitative estimate of drug-likeness (QED) is 0.506. The maximum Gasteiger partial charge on any atom is 0.339 e. The second-order valence-corrected chi connectivity index (χ2v) is 6.24. The van der Waals surface area contributed by atoms with E-state index in [9.17, 15) is 4.79 Å². The lowest BCUT2D eigenvalue weighted by Crippen LogP contribution is -2.11. The second kappa shape index (κ2) is 9.28. The van der Waals surface area contributed by atoms with Crippen LogP contribution in [-0.2, 0) is 4.74 Å². The van der Waals surface area contributed by atoms with Crippen LogP contribution >= 0.6 is 11.6 Å². The number of esters is 1. The van der Waals surface area contributed by atoms with Crippen LogP contribution in [0.4, 0.5) is 5.69 Å². The van der Waals surface area contributed by atoms with Gasteiger partial charge in [0.1, 0.15) is 0 Å². The molecule has 2 aromatic rings. The zero-order valence-electron chi connectivity index (χ0n) is 15.9. The van der Waals surface area contributed by atoms with Crippen LogP contribution in [0.5, 0.6) is 17.2 Å². The van der Waals surface area contributed by atoms with Crippen molar-refractivity contribution in [3.63, 3.8) is 0 Å². The van der Waals surface area contributed by atoms with Gasteiger partial charge in [-0.3, -0.25) is 4.99 Å². The van der Waals surface area contributed by atoms with Gasteiger partial charge in [0.25, 0.3) is 0 Å². The molecule has 27 heavy (non-hydrogen) atoms. The Morgan fingerprint density at radius 2 is 1.67 bits per heavy atom. The summed E-state index contributed by atoms with van der Waals surface area (Å²) in [4.78, 5) is 16.5. The van der Waals surface area contributed by atoms with Gasteiger partial charge in [-0.15, -0.1) is 0 Å². The highest BCUT2D eigenvalue weighted by Gasteiger charge is 2.15. The number of benzene rings is 2. The molecule has 2 rings (SSSR count). The van der Waals surface area contributed by atoms with E-state index in [2.05, 4.69) is 4.99 Å². The van der Waals surface area contributed by atoms with Gasteiger partial charge in [-0.2, -0.15) is 0 Å². The van der Waals surface area contributed by atoms with Gasteiger partial charge in [0.2, 0.25) is 5.75 Å². The Bertz CT molecular complexity index is 823. The fourth-order valence-corrected chi connectivity index (χ4v) is 2.55. The van der Waals surface area contributed by atoms with Crippen LogP contribution in [0, 0.1) is 0 Å². The Balaban J connectivity index is 2.34. The highest BCUT2D eigenvalue weighted by molar-refractivity contribution is 6.33. The van der Waals surface area contributed by atoms with Crippen molar-refractivity contribution in [2.75, 3.05) is 21.3 Å². The molecule has 0 spiro atoms. The molecule has 6 nitrogen and oxygen atoms in total. The highest BCUT2D eigenvalue weighted by Crippen LogP contribution is 2.37. The standard InChI is InChI=1S/C20H22ClNO5/c1-12(2)27-20(23)15-10-14(6-7-16(15)21)22-11-13-8-17(24-3)19(26-5)18(9-13)25-4/h6-12H,1-5H3. The first-order valence-corrected chi connectivity index (χ1v) is 8.62. The molecule has 0 aliphatic rings. The Hall–Kier alpha value is -2.73. The molecule has 2 aromatic carbocycles. The van der Waals surface area contributed by atoms with Crippen molar-refractivity contribution in [2.24, 2.45) is 4.99 Å². The second-order valence-electron chi connectivity index (χ2n) is 5.84. The molecule has 0 saturated heterocycles. The van der Waals surface area contributed by atoms with E-state index in [1.165, 1.54) is 0 Å². The van der Waals surface area contributed by atoms with Crippen LogP contribution in [0.15, 0.2) is 35.3 Å². The van der Waals surface area contributed by atoms with E-state index in [1.807, 2.05) is 0 Å². The van der Waals surface area contributed by atoms with Crippen molar-refractivity contribution < 1.29 is 23.7 Å². The van der Waals surface area contributed by atoms with Crippen molar-refractivity contribution >= 4 is 29.5 Å². The van der Waals surface area contributed by atoms with Gasteiger partial charge in [-0.25, -0.2) is 4.79 Å². The van der Waals surface area contributed by atoms with E-state index in [0.717, 1.165) is 5.56 Å². The number of hydrogen-bond donors (Lipinski definition) is 0. The van der Waals surface area contributed by atoms with E-state index in [4.69, 9.17) is 30.5 Å². The average Bonchev–Trinajstić information content (AvgIpc) is 2.65. The smallest absolute Gasteiger partial charge is 0.339 e. The molecule has 0 atom stereocenters. The van der Waals surface area contributed by atoms with Crippen LogP contribution < -0.4 is 14.2 Å². The molecule has 0 fully saturated rings. The third kappa shape index (κ3) is 5.14. The third-order valence-corrected chi connectivity index (χ3v) is 3.89. The summed E-state index contributed by atoms with van der Waals surface area (Å²) in [5, 5.41) is 0.312. The fourth-order valence-electron chi connectivity index (χ4n) is 2.35. The zero-order chi connectivity index (χ0) is 20.0. The normalized spacial score (nSPS) is 10.9. The van der Waals surface area contributed by atoms with E-state index in [-0.39, 0.29) is 11.7 Å². The van der Waals surface area contributed by atoms with E-state index < -0.39 is 5.97 Å². The van der Waals surface area contributed by atoms with Crippen molar-refractivity contribution in [1.82, 2.24) is 0 Å². The number of nitrogens with zero attached hydrogens (tertiary/aromatic N) is 1. The van der Waals surface area contributed by atoms with Crippen LogP contribution in [0.1, 0.15) is 29.8 Å². The Kier molecular flexibility index (Phi) is 7.07. The first-order valence-electron chi connectivity index (χ1n) is 8.24. The molecule has 0 radical (unpaired) electrons. The van der Waals surface area contributed by atoms with Gasteiger partial charge < -0.3 is 18.9 Å². The number of methoxy groups -OCH3 is 3. The number of rotatable bonds is 7. The lowest BCUT2D eigenvalue weighted by molar-refractivity contribution is 0.0378. The van der Waals surface area contributed by atoms with Gasteiger partial charge >= 0.3 is 5.97 Å². The fraction of sp³-hybridized carbons (Fsp3) is 0.300. The number of carbonyl (C=O) groups excluding carboxylic acids is 1. The molecule has 0 aliphatic carbocycles. The molecule has 144 valence electrons. The monoisotopic (exact) mass is 391 g/mol. The summed E-state index contributed by atoms with van der Waals surface area (Å²) in [5.74, 6) is 1.06. The topological polar surface area (TPSA) is 66.4 Å². The minimum absolute atomic E-state index is 0.236. The largest absolute Gasteiger partial charge is 0.493 e. The van der Waals surface area contributed by atoms with E-state index in [0.29, 0.717) is 28.0 Å². The molecular formula is C20H22ClNO5. The number of carbonyl (C=O) groups is 1. The molecule has 7 heteroatoms. The maximum absolute atomic E-state index is 12.1. The number of halogens is 1. The average molecular weight is 392 g/mol. The molecule has 0 heterocycles. The van der Waals surface area contributed by atoms with E-state index >= 15 is 0 Å². The highest BCUT2D eigenvalue weighted by atomic mass is 35.5. The van der Waals surface area contributed by atoms with Crippen molar-refractivity contribution in [3.05, 3.63) is 46.5 Å². The van der Waals surface area contributed by atoms with E-state index in [1.54, 1.807) is 71.7 Å². The summed E-state index contributed by atoms with van der Waals surface area (Å²) in [6.45, 7) is 3.55. The Labute approximate surface area is 163 Å². The summed E-state index contributed by atoms with van der Waals surface area (Å²) in [5.41, 5.74) is 1.57. The Morgan fingerprint density at radius 3 is 2.19 bits per heavy atom. The summed E-state index contributed by atoms with van der Waals surface area (Å²) >= 11 is 6.10.